The van der Waals surface area contributed by atoms with E-state index in [0.717, 1.165) is 6.42 Å². The predicted molar refractivity (Wildman–Crippen MR) is 60.4 cm³/mol. The Kier molecular flexibility index (Phi) is 4.37. The first-order chi connectivity index (χ1) is 7.15. The van der Waals surface area contributed by atoms with Crippen molar-refractivity contribution in [1.82, 2.24) is 0 Å². The summed E-state index contributed by atoms with van der Waals surface area (Å²) in [6.07, 6.45) is 0.854. The molecule has 0 saturated heterocycles. The van der Waals surface area contributed by atoms with Gasteiger partial charge >= 0.3 is 0 Å². The summed E-state index contributed by atoms with van der Waals surface area (Å²) >= 11 is 0. The highest BCUT2D eigenvalue weighted by Crippen LogP contribution is 2.22. The molecule has 0 radical (unpaired) electrons. The molecule has 1 unspecified atom stereocenters. The molecular formula is C11H17FN2O. The summed E-state index contributed by atoms with van der Waals surface area (Å²) in [7, 11) is 1.66. The normalized spacial score (nSPS) is 12.5. The van der Waals surface area contributed by atoms with Gasteiger partial charge in [0.1, 0.15) is 5.82 Å². The lowest BCUT2D eigenvalue weighted by Gasteiger charge is -2.16. The van der Waals surface area contributed by atoms with Crippen LogP contribution in [0.1, 0.15) is 13.3 Å². The molecule has 84 valence electrons. The molecule has 3 nitrogen and oxygen atoms in total. The van der Waals surface area contributed by atoms with Crippen LogP contribution in [0.5, 0.6) is 0 Å². The maximum Gasteiger partial charge on any atom is 0.148 e. The predicted octanol–water partition coefficient (Wildman–Crippen LogP) is 2.24. The molecule has 0 amide bonds. The first-order valence-electron chi connectivity index (χ1n) is 4.94. The SMILES string of the molecule is COCCC(C)Nc1cccc(F)c1N. The van der Waals surface area contributed by atoms with Crippen LogP contribution in [0.3, 0.4) is 0 Å². The van der Waals surface area contributed by atoms with Crippen LogP contribution in [0, 0.1) is 5.82 Å². The van der Waals surface area contributed by atoms with Gasteiger partial charge in [0.05, 0.1) is 11.4 Å². The van der Waals surface area contributed by atoms with Crippen molar-refractivity contribution in [1.29, 1.82) is 0 Å². The molecule has 1 atom stereocenters. The van der Waals surface area contributed by atoms with Gasteiger partial charge in [0, 0.05) is 19.8 Å². The van der Waals surface area contributed by atoms with Crippen molar-refractivity contribution in [2.75, 3.05) is 24.8 Å². The zero-order valence-electron chi connectivity index (χ0n) is 9.09. The molecule has 1 aromatic carbocycles. The number of anilines is 2. The van der Waals surface area contributed by atoms with Crippen LogP contribution in [0.25, 0.3) is 0 Å². The fourth-order valence-electron chi connectivity index (χ4n) is 1.30. The van der Waals surface area contributed by atoms with Gasteiger partial charge in [-0.3, -0.25) is 0 Å². The fraction of sp³-hybridized carbons (Fsp3) is 0.455. The fourth-order valence-corrected chi connectivity index (χ4v) is 1.30. The third-order valence-electron chi connectivity index (χ3n) is 2.21. The van der Waals surface area contributed by atoms with Gasteiger partial charge in [-0.1, -0.05) is 6.07 Å². The number of hydrogen-bond donors (Lipinski definition) is 2. The van der Waals surface area contributed by atoms with E-state index in [9.17, 15) is 4.39 Å². The number of para-hydroxylation sites is 1. The Morgan fingerprint density at radius 2 is 2.27 bits per heavy atom. The summed E-state index contributed by atoms with van der Waals surface area (Å²) in [5.41, 5.74) is 6.40. The number of benzene rings is 1. The second kappa shape index (κ2) is 5.56. The molecule has 0 heterocycles. The van der Waals surface area contributed by atoms with Crippen LogP contribution < -0.4 is 11.1 Å². The maximum absolute atomic E-state index is 13.1. The Morgan fingerprint density at radius 1 is 1.53 bits per heavy atom. The molecule has 0 spiro atoms. The molecule has 1 aromatic rings. The van der Waals surface area contributed by atoms with Gasteiger partial charge in [-0.25, -0.2) is 4.39 Å². The lowest BCUT2D eigenvalue weighted by atomic mass is 10.2. The van der Waals surface area contributed by atoms with E-state index in [1.54, 1.807) is 19.2 Å². The molecule has 0 fully saturated rings. The van der Waals surface area contributed by atoms with Crippen LogP contribution in [0.15, 0.2) is 18.2 Å². The van der Waals surface area contributed by atoms with E-state index in [1.165, 1.54) is 6.07 Å². The number of hydrogen-bond acceptors (Lipinski definition) is 3. The molecule has 15 heavy (non-hydrogen) atoms. The summed E-state index contributed by atoms with van der Waals surface area (Å²) in [6.45, 7) is 2.67. The summed E-state index contributed by atoms with van der Waals surface area (Å²) in [5.74, 6) is -0.390. The molecule has 0 bridgehead atoms. The zero-order chi connectivity index (χ0) is 11.3. The molecule has 3 N–H and O–H groups in total. The summed E-state index contributed by atoms with van der Waals surface area (Å²) in [6, 6.07) is 4.95. The minimum Gasteiger partial charge on any atom is -0.395 e. The molecule has 0 aliphatic heterocycles. The van der Waals surface area contributed by atoms with Gasteiger partial charge in [0.15, 0.2) is 0 Å². The first-order valence-corrected chi connectivity index (χ1v) is 4.94. The average Bonchev–Trinajstić information content (AvgIpc) is 2.22. The van der Waals surface area contributed by atoms with Crippen molar-refractivity contribution in [2.24, 2.45) is 0 Å². The molecule has 0 aromatic heterocycles. The third kappa shape index (κ3) is 3.40. The van der Waals surface area contributed by atoms with Crippen LogP contribution in [0.4, 0.5) is 15.8 Å². The van der Waals surface area contributed by atoms with Crippen molar-refractivity contribution in [3.8, 4) is 0 Å². The number of rotatable bonds is 5. The van der Waals surface area contributed by atoms with Crippen molar-refractivity contribution in [2.45, 2.75) is 19.4 Å². The third-order valence-corrected chi connectivity index (χ3v) is 2.21. The Balaban J connectivity index is 2.60. The largest absolute Gasteiger partial charge is 0.395 e. The number of methoxy groups -OCH3 is 1. The average molecular weight is 212 g/mol. The van der Waals surface area contributed by atoms with Crippen LogP contribution in [-0.4, -0.2) is 19.8 Å². The second-order valence-corrected chi connectivity index (χ2v) is 3.53. The smallest absolute Gasteiger partial charge is 0.148 e. The number of ether oxygens (including phenoxy) is 1. The number of halogens is 1. The Hall–Kier alpha value is -1.29. The minimum absolute atomic E-state index is 0.168. The number of nitrogens with two attached hydrogens (primary N) is 1. The monoisotopic (exact) mass is 212 g/mol. The maximum atomic E-state index is 13.1. The van der Waals surface area contributed by atoms with Gasteiger partial charge in [0.2, 0.25) is 0 Å². The van der Waals surface area contributed by atoms with E-state index in [-0.39, 0.29) is 17.5 Å². The van der Waals surface area contributed by atoms with E-state index >= 15 is 0 Å². The lowest BCUT2D eigenvalue weighted by molar-refractivity contribution is 0.191. The quantitative estimate of drug-likeness (QED) is 0.736. The Morgan fingerprint density at radius 3 is 2.93 bits per heavy atom. The number of nitrogens with one attached hydrogen (secondary N) is 1. The van der Waals surface area contributed by atoms with Crippen molar-refractivity contribution in [3.63, 3.8) is 0 Å². The summed E-state index contributed by atoms with van der Waals surface area (Å²) < 4.78 is 18.1. The van der Waals surface area contributed by atoms with Crippen molar-refractivity contribution >= 4 is 11.4 Å². The molecule has 0 saturated carbocycles. The van der Waals surface area contributed by atoms with Crippen molar-refractivity contribution < 1.29 is 9.13 Å². The van der Waals surface area contributed by atoms with Crippen LogP contribution >= 0.6 is 0 Å². The van der Waals surface area contributed by atoms with Gasteiger partial charge < -0.3 is 15.8 Å². The van der Waals surface area contributed by atoms with E-state index in [2.05, 4.69) is 5.32 Å². The summed E-state index contributed by atoms with van der Waals surface area (Å²) in [5, 5.41) is 3.14. The standard InChI is InChI=1S/C11H17FN2O/c1-8(6-7-15-2)14-10-5-3-4-9(12)11(10)13/h3-5,8,14H,6-7,13H2,1-2H3. The van der Waals surface area contributed by atoms with E-state index in [4.69, 9.17) is 10.5 Å². The van der Waals surface area contributed by atoms with Gasteiger partial charge in [0.25, 0.3) is 0 Å². The van der Waals surface area contributed by atoms with E-state index < -0.39 is 0 Å². The van der Waals surface area contributed by atoms with Crippen molar-refractivity contribution in [3.05, 3.63) is 24.0 Å². The molecule has 0 aliphatic carbocycles. The summed E-state index contributed by atoms with van der Waals surface area (Å²) in [4.78, 5) is 0. The molecule has 0 aliphatic rings. The molecule has 4 heteroatoms. The minimum atomic E-state index is -0.390. The second-order valence-electron chi connectivity index (χ2n) is 3.53. The Labute approximate surface area is 89.4 Å². The molecular weight excluding hydrogens is 195 g/mol. The van der Waals surface area contributed by atoms with E-state index in [1.807, 2.05) is 6.92 Å². The highest BCUT2D eigenvalue weighted by molar-refractivity contribution is 5.66. The van der Waals surface area contributed by atoms with Crippen LogP contribution in [0.2, 0.25) is 0 Å². The van der Waals surface area contributed by atoms with Gasteiger partial charge in [-0.15, -0.1) is 0 Å². The lowest BCUT2D eigenvalue weighted by Crippen LogP contribution is -2.18. The highest BCUT2D eigenvalue weighted by Gasteiger charge is 2.07. The Bertz CT molecular complexity index is 317. The highest BCUT2D eigenvalue weighted by atomic mass is 19.1. The zero-order valence-corrected chi connectivity index (χ0v) is 9.09. The topological polar surface area (TPSA) is 47.3 Å². The van der Waals surface area contributed by atoms with E-state index in [0.29, 0.717) is 12.3 Å². The first kappa shape index (κ1) is 11.8. The molecule has 1 rings (SSSR count). The van der Waals surface area contributed by atoms with Gasteiger partial charge in [-0.05, 0) is 25.5 Å². The van der Waals surface area contributed by atoms with Crippen LogP contribution in [-0.2, 0) is 4.74 Å². The van der Waals surface area contributed by atoms with Gasteiger partial charge in [-0.2, -0.15) is 0 Å². The number of nitrogen functional groups attached to an aromatic ring is 1.